The van der Waals surface area contributed by atoms with E-state index in [0.717, 1.165) is 16.5 Å². The maximum Gasteiger partial charge on any atom is 0.252 e. The van der Waals surface area contributed by atoms with Crippen molar-refractivity contribution < 1.29 is 9.59 Å². The second kappa shape index (κ2) is 7.58. The van der Waals surface area contributed by atoms with E-state index in [4.69, 9.17) is 0 Å². The van der Waals surface area contributed by atoms with Crippen molar-refractivity contribution in [2.24, 2.45) is 0 Å². The second-order valence-electron chi connectivity index (χ2n) is 6.60. The minimum Gasteiger partial charge on any atom is -0.324 e. The number of nitrogens with one attached hydrogen (secondary N) is 1. The van der Waals surface area contributed by atoms with Gasteiger partial charge >= 0.3 is 0 Å². The number of carbonyl (C=O) groups is 2. The van der Waals surface area contributed by atoms with Crippen molar-refractivity contribution in [3.05, 3.63) is 76.1 Å². The summed E-state index contributed by atoms with van der Waals surface area (Å²) < 4.78 is 1.55. The van der Waals surface area contributed by atoms with Gasteiger partial charge in [0.15, 0.2) is 5.78 Å². The van der Waals surface area contributed by atoms with Crippen molar-refractivity contribution in [1.82, 2.24) is 4.57 Å². The number of aryl methyl sites for hydroxylation is 1. The van der Waals surface area contributed by atoms with Gasteiger partial charge in [-0.3, -0.25) is 19.0 Å². The first-order valence-electron chi connectivity index (χ1n) is 8.95. The molecule has 0 saturated carbocycles. The zero-order chi connectivity index (χ0) is 19.6. The SMILES string of the molecule is CCC(C(=O)Nc1cccc(C(C)=O)c1)n1c(=O)cc(C)c2ccccc21. The summed E-state index contributed by atoms with van der Waals surface area (Å²) in [6.07, 6.45) is 0.463. The minimum absolute atomic E-state index is 0.0705. The van der Waals surface area contributed by atoms with E-state index in [9.17, 15) is 14.4 Å². The number of nitrogens with zero attached hydrogens (tertiary/aromatic N) is 1. The lowest BCUT2D eigenvalue weighted by atomic mass is 10.1. The second-order valence-corrected chi connectivity index (χ2v) is 6.60. The molecule has 0 spiro atoms. The molecule has 1 aromatic heterocycles. The number of rotatable bonds is 5. The Morgan fingerprint density at radius 1 is 1.07 bits per heavy atom. The molecular formula is C22H22N2O3. The number of benzene rings is 2. The standard InChI is InChI=1S/C22H22N2O3/c1-4-19(22(27)23-17-9-7-8-16(13-17)15(3)25)24-20-11-6-5-10-18(20)14(2)12-21(24)26/h5-13,19H,4H2,1-3H3,(H,23,27). The summed E-state index contributed by atoms with van der Waals surface area (Å²) in [5.41, 5.74) is 2.48. The van der Waals surface area contributed by atoms with Crippen molar-refractivity contribution in [3.8, 4) is 0 Å². The Bertz CT molecular complexity index is 1080. The largest absolute Gasteiger partial charge is 0.324 e. The van der Waals surface area contributed by atoms with Crippen molar-refractivity contribution in [2.75, 3.05) is 5.32 Å². The number of aromatic nitrogens is 1. The van der Waals surface area contributed by atoms with E-state index < -0.39 is 6.04 Å². The summed E-state index contributed by atoms with van der Waals surface area (Å²) in [7, 11) is 0. The summed E-state index contributed by atoms with van der Waals surface area (Å²) >= 11 is 0. The lowest BCUT2D eigenvalue weighted by Crippen LogP contribution is -2.33. The highest BCUT2D eigenvalue weighted by atomic mass is 16.2. The van der Waals surface area contributed by atoms with Gasteiger partial charge in [0, 0.05) is 22.7 Å². The van der Waals surface area contributed by atoms with E-state index in [1.165, 1.54) is 6.92 Å². The summed E-state index contributed by atoms with van der Waals surface area (Å²) in [5, 5.41) is 3.79. The third kappa shape index (κ3) is 3.67. The fourth-order valence-corrected chi connectivity index (χ4v) is 3.32. The Morgan fingerprint density at radius 3 is 2.52 bits per heavy atom. The van der Waals surface area contributed by atoms with Crippen LogP contribution in [0.4, 0.5) is 5.69 Å². The molecule has 1 heterocycles. The highest BCUT2D eigenvalue weighted by molar-refractivity contribution is 5.98. The van der Waals surface area contributed by atoms with E-state index in [0.29, 0.717) is 17.7 Å². The molecule has 1 N–H and O–H groups in total. The normalized spacial score (nSPS) is 12.0. The van der Waals surface area contributed by atoms with Crippen LogP contribution >= 0.6 is 0 Å². The molecule has 1 amide bonds. The highest BCUT2D eigenvalue weighted by Gasteiger charge is 2.22. The Balaban J connectivity index is 2.02. The van der Waals surface area contributed by atoms with E-state index in [1.807, 2.05) is 38.1 Å². The Morgan fingerprint density at radius 2 is 1.81 bits per heavy atom. The molecule has 0 bridgehead atoms. The molecule has 0 aliphatic heterocycles. The van der Waals surface area contributed by atoms with Crippen LogP contribution in [0.2, 0.25) is 0 Å². The molecular weight excluding hydrogens is 340 g/mol. The number of ketones is 1. The fraction of sp³-hybridized carbons (Fsp3) is 0.227. The first-order chi connectivity index (χ1) is 12.9. The Hall–Kier alpha value is -3.21. The molecule has 3 aromatic rings. The molecule has 0 aliphatic carbocycles. The van der Waals surface area contributed by atoms with Crippen molar-refractivity contribution in [1.29, 1.82) is 0 Å². The van der Waals surface area contributed by atoms with Gasteiger partial charge in [-0.05, 0) is 44.0 Å². The fourth-order valence-electron chi connectivity index (χ4n) is 3.32. The van der Waals surface area contributed by atoms with E-state index >= 15 is 0 Å². The molecule has 5 heteroatoms. The van der Waals surface area contributed by atoms with Gasteiger partial charge in [-0.1, -0.05) is 37.3 Å². The van der Waals surface area contributed by atoms with Crippen LogP contribution in [0.15, 0.2) is 59.4 Å². The van der Waals surface area contributed by atoms with Crippen LogP contribution in [0, 0.1) is 6.92 Å². The van der Waals surface area contributed by atoms with E-state index in [1.54, 1.807) is 34.9 Å². The predicted molar refractivity (Wildman–Crippen MR) is 107 cm³/mol. The van der Waals surface area contributed by atoms with Crippen LogP contribution in [0.1, 0.15) is 42.2 Å². The first-order valence-corrected chi connectivity index (χ1v) is 8.95. The molecule has 1 atom stereocenters. The molecule has 27 heavy (non-hydrogen) atoms. The lowest BCUT2D eigenvalue weighted by Gasteiger charge is -2.21. The van der Waals surface area contributed by atoms with Gasteiger partial charge in [0.25, 0.3) is 5.56 Å². The molecule has 3 rings (SSSR count). The Kier molecular flexibility index (Phi) is 5.21. The summed E-state index contributed by atoms with van der Waals surface area (Å²) in [4.78, 5) is 37.2. The van der Waals surface area contributed by atoms with E-state index in [2.05, 4.69) is 5.32 Å². The molecule has 0 radical (unpaired) electrons. The number of Topliss-reactive ketones (excluding diaryl/α,β-unsaturated/α-hetero) is 1. The molecule has 2 aromatic carbocycles. The average Bonchev–Trinajstić information content (AvgIpc) is 2.65. The van der Waals surface area contributed by atoms with Gasteiger partial charge < -0.3 is 5.32 Å². The monoisotopic (exact) mass is 362 g/mol. The number of carbonyl (C=O) groups excluding carboxylic acids is 2. The van der Waals surface area contributed by atoms with Gasteiger partial charge in [-0.25, -0.2) is 0 Å². The smallest absolute Gasteiger partial charge is 0.252 e. The zero-order valence-corrected chi connectivity index (χ0v) is 15.7. The number of amides is 1. The molecule has 138 valence electrons. The highest BCUT2D eigenvalue weighted by Crippen LogP contribution is 2.22. The van der Waals surface area contributed by atoms with Crippen LogP contribution in [0.5, 0.6) is 0 Å². The summed E-state index contributed by atoms with van der Waals surface area (Å²) in [6, 6.07) is 15.3. The number of pyridine rings is 1. The maximum absolute atomic E-state index is 13.0. The van der Waals surface area contributed by atoms with Crippen LogP contribution < -0.4 is 10.9 Å². The van der Waals surface area contributed by atoms with Crippen LogP contribution in [0.3, 0.4) is 0 Å². The molecule has 0 fully saturated rings. The first kappa shape index (κ1) is 18.6. The third-order valence-electron chi connectivity index (χ3n) is 4.70. The van der Waals surface area contributed by atoms with Crippen LogP contribution in [-0.4, -0.2) is 16.3 Å². The van der Waals surface area contributed by atoms with Gasteiger partial charge in [0.2, 0.25) is 5.91 Å². The van der Waals surface area contributed by atoms with Crippen molar-refractivity contribution in [3.63, 3.8) is 0 Å². The number of fused-ring (bicyclic) bond motifs is 1. The number of hydrogen-bond acceptors (Lipinski definition) is 3. The number of hydrogen-bond donors (Lipinski definition) is 1. The minimum atomic E-state index is -0.649. The molecule has 5 nitrogen and oxygen atoms in total. The van der Waals surface area contributed by atoms with Crippen LogP contribution in [-0.2, 0) is 4.79 Å². The zero-order valence-electron chi connectivity index (χ0n) is 15.7. The van der Waals surface area contributed by atoms with Gasteiger partial charge in [0.05, 0.1) is 5.52 Å². The third-order valence-corrected chi connectivity index (χ3v) is 4.70. The van der Waals surface area contributed by atoms with Gasteiger partial charge in [-0.2, -0.15) is 0 Å². The van der Waals surface area contributed by atoms with Crippen molar-refractivity contribution >= 4 is 28.3 Å². The van der Waals surface area contributed by atoms with Crippen LogP contribution in [0.25, 0.3) is 10.9 Å². The average molecular weight is 362 g/mol. The Labute approximate surface area is 157 Å². The quantitative estimate of drug-likeness (QED) is 0.695. The predicted octanol–water partition coefficient (Wildman–Crippen LogP) is 4.10. The van der Waals surface area contributed by atoms with Crippen molar-refractivity contribution in [2.45, 2.75) is 33.2 Å². The van der Waals surface area contributed by atoms with Gasteiger partial charge in [-0.15, -0.1) is 0 Å². The molecule has 1 unspecified atom stereocenters. The van der Waals surface area contributed by atoms with Gasteiger partial charge in [0.1, 0.15) is 6.04 Å². The number of anilines is 1. The van der Waals surface area contributed by atoms with E-state index in [-0.39, 0.29) is 17.2 Å². The number of para-hydroxylation sites is 1. The summed E-state index contributed by atoms with van der Waals surface area (Å²) in [6.45, 7) is 5.24. The molecule has 0 aliphatic rings. The maximum atomic E-state index is 13.0. The summed E-state index contributed by atoms with van der Waals surface area (Å²) in [5.74, 6) is -0.354. The lowest BCUT2D eigenvalue weighted by molar-refractivity contribution is -0.119. The molecule has 0 saturated heterocycles. The topological polar surface area (TPSA) is 68.2 Å².